The molecule has 1 aliphatic rings. The number of nitrogens with zero attached hydrogens (tertiary/aromatic N) is 5. The zero-order valence-corrected chi connectivity index (χ0v) is 16.6. The third kappa shape index (κ3) is 4.80. The number of aromatic nitrogens is 2. The number of likely N-dealkylation sites (N-methyl/N-ethyl adjacent to an activating group) is 2. The molecule has 3 rings (SSSR count). The van der Waals surface area contributed by atoms with Crippen molar-refractivity contribution in [2.24, 2.45) is 0 Å². The van der Waals surface area contributed by atoms with Crippen molar-refractivity contribution in [3.63, 3.8) is 0 Å². The summed E-state index contributed by atoms with van der Waals surface area (Å²) in [6.45, 7) is 9.20. The van der Waals surface area contributed by atoms with Gasteiger partial charge in [0, 0.05) is 51.2 Å². The summed E-state index contributed by atoms with van der Waals surface area (Å²) in [6.07, 6.45) is 0.720. The fourth-order valence-corrected chi connectivity index (χ4v) is 3.69. The molecule has 140 valence electrons. The van der Waals surface area contributed by atoms with Crippen LogP contribution in [0.3, 0.4) is 0 Å². The largest absolute Gasteiger partial charge is 0.341 e. The molecule has 1 fully saturated rings. The molecule has 7 heteroatoms. The summed E-state index contributed by atoms with van der Waals surface area (Å²) in [5, 5.41) is 0.799. The van der Waals surface area contributed by atoms with Crippen LogP contribution in [-0.4, -0.2) is 71.4 Å². The van der Waals surface area contributed by atoms with Crippen molar-refractivity contribution in [2.75, 3.05) is 51.2 Å². The number of aryl methyl sites for hydroxylation is 1. The van der Waals surface area contributed by atoms with Gasteiger partial charge in [-0.3, -0.25) is 4.79 Å². The van der Waals surface area contributed by atoms with Crippen molar-refractivity contribution in [2.45, 2.75) is 20.3 Å². The van der Waals surface area contributed by atoms with Gasteiger partial charge in [0.05, 0.1) is 6.54 Å². The molecule has 0 atom stereocenters. The number of piperazine rings is 1. The number of carbonyl (C=O) groups is 1. The summed E-state index contributed by atoms with van der Waals surface area (Å²) in [5.74, 6) is 0.975. The van der Waals surface area contributed by atoms with Crippen LogP contribution < -0.4 is 4.90 Å². The molecule has 0 spiro atoms. The lowest BCUT2D eigenvalue weighted by Crippen LogP contribution is -2.50. The zero-order valence-electron chi connectivity index (χ0n) is 15.8. The van der Waals surface area contributed by atoms with Gasteiger partial charge in [0.25, 0.3) is 0 Å². The van der Waals surface area contributed by atoms with E-state index in [1.165, 1.54) is 22.7 Å². The van der Waals surface area contributed by atoms with Crippen LogP contribution in [0.5, 0.6) is 0 Å². The third-order valence-electron chi connectivity index (χ3n) is 4.81. The Morgan fingerprint density at radius 1 is 1.19 bits per heavy atom. The Labute approximate surface area is 159 Å². The van der Waals surface area contributed by atoms with E-state index in [4.69, 9.17) is 0 Å². The van der Waals surface area contributed by atoms with Gasteiger partial charge in [0.1, 0.15) is 5.82 Å². The molecule has 1 amide bonds. The van der Waals surface area contributed by atoms with E-state index in [0.29, 0.717) is 6.54 Å². The fraction of sp³-hybridized carbons (Fsp3) is 0.526. The molecule has 1 aromatic heterocycles. The van der Waals surface area contributed by atoms with Gasteiger partial charge in [0.2, 0.25) is 11.0 Å². The maximum absolute atomic E-state index is 12.5. The minimum absolute atomic E-state index is 0.165. The van der Waals surface area contributed by atoms with E-state index in [1.807, 2.05) is 16.8 Å². The molecule has 6 nitrogen and oxygen atoms in total. The standard InChI is InChI=1S/C19H27N5OS/c1-4-23-9-11-24(12-10-23)18(25)14-22(3)19-20-17(21-26-19)13-16-7-5-15(2)6-8-16/h5-8H,4,9-14H2,1-3H3. The van der Waals surface area contributed by atoms with Crippen LogP contribution >= 0.6 is 11.5 Å². The van der Waals surface area contributed by atoms with E-state index in [9.17, 15) is 4.79 Å². The fourth-order valence-electron chi connectivity index (χ4n) is 3.04. The number of benzene rings is 1. The molecule has 1 saturated heterocycles. The zero-order chi connectivity index (χ0) is 18.5. The highest BCUT2D eigenvalue weighted by atomic mass is 32.1. The minimum atomic E-state index is 0.165. The molecule has 1 aliphatic heterocycles. The quantitative estimate of drug-likeness (QED) is 0.776. The number of amides is 1. The van der Waals surface area contributed by atoms with Crippen molar-refractivity contribution in [3.8, 4) is 0 Å². The van der Waals surface area contributed by atoms with Crippen LogP contribution in [0.15, 0.2) is 24.3 Å². The highest BCUT2D eigenvalue weighted by molar-refractivity contribution is 7.09. The number of hydrogen-bond donors (Lipinski definition) is 0. The second kappa shape index (κ2) is 8.60. The maximum atomic E-state index is 12.5. The summed E-state index contributed by atoms with van der Waals surface area (Å²) in [5.41, 5.74) is 2.45. The van der Waals surface area contributed by atoms with Crippen LogP contribution in [0.25, 0.3) is 0 Å². The summed E-state index contributed by atoms with van der Waals surface area (Å²) in [4.78, 5) is 23.4. The molecule has 0 unspecified atom stereocenters. The maximum Gasteiger partial charge on any atom is 0.242 e. The summed E-state index contributed by atoms with van der Waals surface area (Å²) < 4.78 is 4.45. The van der Waals surface area contributed by atoms with Gasteiger partial charge in [-0.25, -0.2) is 4.98 Å². The third-order valence-corrected chi connectivity index (χ3v) is 5.68. The Bertz CT molecular complexity index is 722. The van der Waals surface area contributed by atoms with Crippen LogP contribution in [0, 0.1) is 6.92 Å². The van der Waals surface area contributed by atoms with Gasteiger partial charge < -0.3 is 14.7 Å². The second-order valence-electron chi connectivity index (χ2n) is 6.83. The van der Waals surface area contributed by atoms with Gasteiger partial charge >= 0.3 is 0 Å². The predicted octanol–water partition coefficient (Wildman–Crippen LogP) is 2.04. The van der Waals surface area contributed by atoms with Crippen molar-refractivity contribution < 1.29 is 4.79 Å². The van der Waals surface area contributed by atoms with Crippen LogP contribution in [0.2, 0.25) is 0 Å². The Morgan fingerprint density at radius 3 is 2.54 bits per heavy atom. The molecule has 2 aromatic rings. The molecule has 2 heterocycles. The van der Waals surface area contributed by atoms with Gasteiger partial charge in [-0.05, 0) is 19.0 Å². The van der Waals surface area contributed by atoms with Crippen LogP contribution in [0.1, 0.15) is 23.9 Å². The lowest BCUT2D eigenvalue weighted by atomic mass is 10.1. The van der Waals surface area contributed by atoms with Gasteiger partial charge in [-0.15, -0.1) is 0 Å². The first-order valence-corrected chi connectivity index (χ1v) is 9.92. The van der Waals surface area contributed by atoms with Gasteiger partial charge in [-0.2, -0.15) is 4.37 Å². The van der Waals surface area contributed by atoms with E-state index in [2.05, 4.69) is 52.4 Å². The Morgan fingerprint density at radius 2 is 1.88 bits per heavy atom. The highest BCUT2D eigenvalue weighted by Gasteiger charge is 2.22. The van der Waals surface area contributed by atoms with E-state index in [0.717, 1.165) is 50.1 Å². The molecule has 0 radical (unpaired) electrons. The van der Waals surface area contributed by atoms with Crippen LogP contribution in [-0.2, 0) is 11.2 Å². The molecule has 0 bridgehead atoms. The minimum Gasteiger partial charge on any atom is -0.341 e. The highest BCUT2D eigenvalue weighted by Crippen LogP contribution is 2.18. The van der Waals surface area contributed by atoms with E-state index in [-0.39, 0.29) is 5.91 Å². The van der Waals surface area contributed by atoms with Crippen molar-refractivity contribution in [3.05, 3.63) is 41.2 Å². The predicted molar refractivity (Wildman–Crippen MR) is 106 cm³/mol. The summed E-state index contributed by atoms with van der Waals surface area (Å²) in [7, 11) is 1.91. The summed E-state index contributed by atoms with van der Waals surface area (Å²) in [6, 6.07) is 8.43. The first-order valence-electron chi connectivity index (χ1n) is 9.14. The molecule has 0 aliphatic carbocycles. The number of hydrogen-bond acceptors (Lipinski definition) is 6. The van der Waals surface area contributed by atoms with Crippen molar-refractivity contribution in [1.29, 1.82) is 0 Å². The smallest absolute Gasteiger partial charge is 0.242 e. The topological polar surface area (TPSA) is 52.6 Å². The summed E-state index contributed by atoms with van der Waals surface area (Å²) >= 11 is 1.36. The monoisotopic (exact) mass is 373 g/mol. The number of carbonyl (C=O) groups excluding carboxylic acids is 1. The first-order chi connectivity index (χ1) is 12.5. The number of rotatable bonds is 6. The van der Waals surface area contributed by atoms with E-state index < -0.39 is 0 Å². The van der Waals surface area contributed by atoms with Gasteiger partial charge in [0.15, 0.2) is 0 Å². The van der Waals surface area contributed by atoms with Crippen LogP contribution in [0.4, 0.5) is 5.13 Å². The molecular formula is C19H27N5OS. The Kier molecular flexibility index (Phi) is 6.21. The lowest BCUT2D eigenvalue weighted by molar-refractivity contribution is -0.131. The van der Waals surface area contributed by atoms with E-state index >= 15 is 0 Å². The average Bonchev–Trinajstić information content (AvgIpc) is 3.12. The molecular weight excluding hydrogens is 346 g/mol. The molecule has 26 heavy (non-hydrogen) atoms. The van der Waals surface area contributed by atoms with Crippen molar-refractivity contribution >= 4 is 22.6 Å². The number of anilines is 1. The average molecular weight is 374 g/mol. The first kappa shape index (κ1) is 18.8. The van der Waals surface area contributed by atoms with Crippen molar-refractivity contribution in [1.82, 2.24) is 19.2 Å². The normalized spacial score (nSPS) is 15.3. The lowest BCUT2D eigenvalue weighted by Gasteiger charge is -2.34. The molecule has 0 N–H and O–H groups in total. The van der Waals surface area contributed by atoms with Gasteiger partial charge in [-0.1, -0.05) is 36.8 Å². The van der Waals surface area contributed by atoms with E-state index in [1.54, 1.807) is 0 Å². The molecule has 1 aromatic carbocycles. The Hall–Kier alpha value is -1.99. The SMILES string of the molecule is CCN1CCN(C(=O)CN(C)c2nc(Cc3ccc(C)cc3)ns2)CC1. The second-order valence-corrected chi connectivity index (χ2v) is 7.56. The Balaban J connectivity index is 1.53. The molecule has 0 saturated carbocycles.